The van der Waals surface area contributed by atoms with Crippen molar-refractivity contribution >= 4 is 18.4 Å². The third-order valence-corrected chi connectivity index (χ3v) is 5.10. The molecule has 0 aliphatic carbocycles. The van der Waals surface area contributed by atoms with Crippen molar-refractivity contribution in [1.82, 2.24) is 4.98 Å². The number of pyridine rings is 1. The number of anilines is 1. The quantitative estimate of drug-likeness (QED) is 0.794. The van der Waals surface area contributed by atoms with E-state index >= 15 is 0 Å². The van der Waals surface area contributed by atoms with Crippen molar-refractivity contribution in [3.05, 3.63) is 18.3 Å². The second-order valence-corrected chi connectivity index (χ2v) is 7.13. The predicted molar refractivity (Wildman–Crippen MR) is 87.6 cm³/mol. The first kappa shape index (κ1) is 15.8. The monoisotopic (exact) mass is 304 g/mol. The zero-order valence-corrected chi connectivity index (χ0v) is 14.1. The Bertz CT molecular complexity index is 517. The van der Waals surface area contributed by atoms with Crippen LogP contribution in [0, 0.1) is 0 Å². The molecule has 0 radical (unpaired) electrons. The van der Waals surface area contributed by atoms with E-state index in [1.807, 2.05) is 18.3 Å². The van der Waals surface area contributed by atoms with Crippen LogP contribution in [0.2, 0.25) is 0 Å². The zero-order valence-electron chi connectivity index (χ0n) is 14.1. The lowest BCUT2D eigenvalue weighted by atomic mass is 9.80. The summed E-state index contributed by atoms with van der Waals surface area (Å²) >= 11 is 0. The van der Waals surface area contributed by atoms with E-state index in [0.717, 1.165) is 30.8 Å². The van der Waals surface area contributed by atoms with Gasteiger partial charge in [-0.3, -0.25) is 0 Å². The van der Waals surface area contributed by atoms with Crippen LogP contribution in [0.3, 0.4) is 0 Å². The predicted octanol–water partition coefficient (Wildman–Crippen LogP) is 1.61. The van der Waals surface area contributed by atoms with E-state index in [4.69, 9.17) is 14.0 Å². The molecule has 0 saturated carbocycles. The molecule has 2 aliphatic heterocycles. The maximum atomic E-state index is 6.05. The maximum Gasteiger partial charge on any atom is 0.496 e. The van der Waals surface area contributed by atoms with Crippen LogP contribution in [-0.2, 0) is 14.0 Å². The van der Waals surface area contributed by atoms with Crippen LogP contribution in [0.25, 0.3) is 0 Å². The van der Waals surface area contributed by atoms with Crippen LogP contribution in [0.5, 0.6) is 0 Å². The summed E-state index contributed by atoms with van der Waals surface area (Å²) < 4.78 is 17.5. The highest BCUT2D eigenvalue weighted by atomic mass is 16.7. The number of ether oxygens (including phenoxy) is 1. The van der Waals surface area contributed by atoms with Gasteiger partial charge in [0.05, 0.1) is 17.3 Å². The number of aromatic nitrogens is 1. The Morgan fingerprint density at radius 3 is 2.41 bits per heavy atom. The van der Waals surface area contributed by atoms with E-state index in [9.17, 15) is 0 Å². The number of rotatable bonds is 3. The van der Waals surface area contributed by atoms with Crippen LogP contribution in [0.4, 0.5) is 5.82 Å². The molecule has 0 bridgehead atoms. The molecular weight excluding hydrogens is 279 g/mol. The molecule has 0 spiro atoms. The SMILES string of the molecule is COC1CCN(c2ccc(B3OC(C)(C)C(C)(C)O3)cn2)C1. The number of hydrogen-bond acceptors (Lipinski definition) is 5. The summed E-state index contributed by atoms with van der Waals surface area (Å²) in [5.74, 6) is 0.986. The van der Waals surface area contributed by atoms with E-state index < -0.39 is 0 Å². The van der Waals surface area contributed by atoms with Crippen molar-refractivity contribution in [2.75, 3.05) is 25.1 Å². The summed E-state index contributed by atoms with van der Waals surface area (Å²) in [5, 5.41) is 0. The van der Waals surface area contributed by atoms with Gasteiger partial charge in [-0.2, -0.15) is 0 Å². The Morgan fingerprint density at radius 2 is 1.91 bits per heavy atom. The fraction of sp³-hybridized carbons (Fsp3) is 0.688. The Kier molecular flexibility index (Phi) is 3.95. The molecule has 2 aliphatic rings. The van der Waals surface area contributed by atoms with Crippen molar-refractivity contribution < 1.29 is 14.0 Å². The largest absolute Gasteiger partial charge is 0.496 e. The van der Waals surface area contributed by atoms with E-state index in [2.05, 4.69) is 37.6 Å². The Balaban J connectivity index is 1.71. The average molecular weight is 304 g/mol. The topological polar surface area (TPSA) is 43.8 Å². The number of methoxy groups -OCH3 is 1. The van der Waals surface area contributed by atoms with Crippen molar-refractivity contribution in [2.24, 2.45) is 0 Å². The molecule has 120 valence electrons. The minimum Gasteiger partial charge on any atom is -0.399 e. The molecule has 2 saturated heterocycles. The van der Waals surface area contributed by atoms with Gasteiger partial charge in [-0.1, -0.05) is 6.07 Å². The van der Waals surface area contributed by atoms with E-state index in [-0.39, 0.29) is 18.3 Å². The van der Waals surface area contributed by atoms with Gasteiger partial charge in [0, 0.05) is 31.9 Å². The lowest BCUT2D eigenvalue weighted by molar-refractivity contribution is 0.00578. The molecule has 0 aromatic carbocycles. The van der Waals surface area contributed by atoms with Gasteiger partial charge in [0.1, 0.15) is 5.82 Å². The summed E-state index contributed by atoms with van der Waals surface area (Å²) in [6, 6.07) is 4.09. The fourth-order valence-electron chi connectivity index (χ4n) is 2.83. The highest BCUT2D eigenvalue weighted by Gasteiger charge is 2.51. The minimum absolute atomic E-state index is 0.310. The maximum absolute atomic E-state index is 6.05. The van der Waals surface area contributed by atoms with Gasteiger partial charge in [0.2, 0.25) is 0 Å². The Labute approximate surface area is 133 Å². The molecule has 5 nitrogen and oxygen atoms in total. The average Bonchev–Trinajstić information content (AvgIpc) is 3.02. The Morgan fingerprint density at radius 1 is 1.23 bits per heavy atom. The lowest BCUT2D eigenvalue weighted by Crippen LogP contribution is -2.41. The molecule has 0 N–H and O–H groups in total. The molecule has 6 heteroatoms. The van der Waals surface area contributed by atoms with Gasteiger partial charge in [-0.05, 0) is 40.2 Å². The van der Waals surface area contributed by atoms with Crippen molar-refractivity contribution in [3.8, 4) is 0 Å². The van der Waals surface area contributed by atoms with Crippen LogP contribution < -0.4 is 10.4 Å². The highest BCUT2D eigenvalue weighted by Crippen LogP contribution is 2.36. The third-order valence-electron chi connectivity index (χ3n) is 5.10. The van der Waals surface area contributed by atoms with E-state index in [0.29, 0.717) is 6.10 Å². The van der Waals surface area contributed by atoms with Gasteiger partial charge < -0.3 is 18.9 Å². The van der Waals surface area contributed by atoms with Gasteiger partial charge in [0.25, 0.3) is 0 Å². The molecule has 1 atom stereocenters. The molecule has 3 heterocycles. The first-order valence-electron chi connectivity index (χ1n) is 7.92. The molecule has 1 aromatic rings. The molecule has 2 fully saturated rings. The third kappa shape index (κ3) is 2.75. The summed E-state index contributed by atoms with van der Waals surface area (Å²) in [6.45, 7) is 10.1. The van der Waals surface area contributed by atoms with E-state index in [1.54, 1.807) is 7.11 Å². The standard InChI is InChI=1S/C16H25BN2O3/c1-15(2)16(3,4)22-17(21-15)12-6-7-14(18-10-12)19-9-8-13(11-19)20-5/h6-7,10,13H,8-9,11H2,1-5H3. The summed E-state index contributed by atoms with van der Waals surface area (Å²) in [4.78, 5) is 6.83. The fourth-order valence-corrected chi connectivity index (χ4v) is 2.83. The van der Waals surface area contributed by atoms with Crippen LogP contribution in [0.1, 0.15) is 34.1 Å². The van der Waals surface area contributed by atoms with Crippen molar-refractivity contribution in [1.29, 1.82) is 0 Å². The molecule has 3 rings (SSSR count). The zero-order chi connectivity index (χ0) is 16.0. The van der Waals surface area contributed by atoms with Crippen LogP contribution >= 0.6 is 0 Å². The minimum atomic E-state index is -0.350. The molecule has 22 heavy (non-hydrogen) atoms. The highest BCUT2D eigenvalue weighted by molar-refractivity contribution is 6.62. The first-order valence-corrected chi connectivity index (χ1v) is 7.92. The first-order chi connectivity index (χ1) is 10.3. The van der Waals surface area contributed by atoms with Crippen LogP contribution in [0.15, 0.2) is 18.3 Å². The van der Waals surface area contributed by atoms with Crippen LogP contribution in [-0.4, -0.2) is 49.6 Å². The molecular formula is C16H25BN2O3. The van der Waals surface area contributed by atoms with Crippen molar-refractivity contribution in [3.63, 3.8) is 0 Å². The van der Waals surface area contributed by atoms with Gasteiger partial charge in [0.15, 0.2) is 0 Å². The summed E-state index contributed by atoms with van der Waals surface area (Å²) in [6.07, 6.45) is 3.22. The Hall–Kier alpha value is -1.11. The van der Waals surface area contributed by atoms with Gasteiger partial charge in [-0.15, -0.1) is 0 Å². The molecule has 0 amide bonds. The molecule has 1 unspecified atom stereocenters. The van der Waals surface area contributed by atoms with Gasteiger partial charge >= 0.3 is 7.12 Å². The smallest absolute Gasteiger partial charge is 0.399 e. The number of hydrogen-bond donors (Lipinski definition) is 0. The second-order valence-electron chi connectivity index (χ2n) is 7.13. The van der Waals surface area contributed by atoms with Crippen molar-refractivity contribution in [2.45, 2.75) is 51.4 Å². The van der Waals surface area contributed by atoms with E-state index in [1.165, 1.54) is 0 Å². The summed E-state index contributed by atoms with van der Waals surface area (Å²) in [7, 11) is 1.42. The number of nitrogens with zero attached hydrogens (tertiary/aromatic N) is 2. The molecule has 1 aromatic heterocycles. The lowest BCUT2D eigenvalue weighted by Gasteiger charge is -2.32. The van der Waals surface area contributed by atoms with Gasteiger partial charge in [-0.25, -0.2) is 4.98 Å². The normalized spacial score (nSPS) is 26.7. The summed E-state index contributed by atoms with van der Waals surface area (Å²) in [5.41, 5.74) is 0.318. The second kappa shape index (κ2) is 5.51.